The largest absolute Gasteiger partial charge is 0.301 e. The summed E-state index contributed by atoms with van der Waals surface area (Å²) in [4.78, 5) is 33.9. The lowest BCUT2D eigenvalue weighted by molar-refractivity contribution is -0.114. The molecule has 0 aliphatic rings. The van der Waals surface area contributed by atoms with Crippen LogP contribution in [0, 0.1) is 0 Å². The first kappa shape index (κ1) is 20.3. The zero-order chi connectivity index (χ0) is 20.2. The van der Waals surface area contributed by atoms with Crippen LogP contribution in [0.2, 0.25) is 4.34 Å². The van der Waals surface area contributed by atoms with Gasteiger partial charge in [0.1, 0.15) is 0 Å². The van der Waals surface area contributed by atoms with Gasteiger partial charge in [-0.05, 0) is 24.3 Å². The highest BCUT2D eigenvalue weighted by atomic mass is 35.5. The summed E-state index contributed by atoms with van der Waals surface area (Å²) in [6.45, 7) is 0. The molecule has 0 spiro atoms. The van der Waals surface area contributed by atoms with Crippen molar-refractivity contribution in [2.45, 2.75) is 0 Å². The van der Waals surface area contributed by atoms with Gasteiger partial charge in [-0.15, -0.1) is 34.4 Å². The molecule has 2 amide bonds. The Bertz CT molecular complexity index is 1140. The van der Waals surface area contributed by atoms with Crippen LogP contribution in [-0.2, 0) is 9.59 Å². The third-order valence-corrected chi connectivity index (χ3v) is 7.48. The maximum Gasteiger partial charge on any atom is 0.236 e. The number of hydrogen-bond acceptors (Lipinski definition) is 8. The normalized spacial score (nSPS) is 10.9. The molecule has 0 saturated carbocycles. The van der Waals surface area contributed by atoms with E-state index in [1.807, 2.05) is 41.8 Å². The highest BCUT2D eigenvalue weighted by Gasteiger charge is 2.12. The van der Waals surface area contributed by atoms with E-state index < -0.39 is 0 Å². The molecule has 29 heavy (non-hydrogen) atoms. The highest BCUT2D eigenvalue weighted by Crippen LogP contribution is 2.32. The molecule has 0 atom stereocenters. The molecule has 3 heterocycles. The van der Waals surface area contributed by atoms with E-state index in [0.717, 1.165) is 20.8 Å². The van der Waals surface area contributed by atoms with Crippen LogP contribution in [-0.4, -0.2) is 33.3 Å². The number of amides is 2. The monoisotopic (exact) mass is 480 g/mol. The molecule has 11 heteroatoms. The van der Waals surface area contributed by atoms with Crippen LogP contribution in [0.5, 0.6) is 0 Å². The molecule has 0 bridgehead atoms. The van der Waals surface area contributed by atoms with Gasteiger partial charge in [0.2, 0.25) is 11.8 Å². The second kappa shape index (κ2) is 9.23. The zero-order valence-electron chi connectivity index (χ0n) is 14.7. The number of carbonyl (C=O) groups excluding carboxylic acids is 2. The lowest BCUT2D eigenvalue weighted by atomic mass is 10.3. The summed E-state index contributed by atoms with van der Waals surface area (Å²) in [6, 6.07) is 11.4. The summed E-state index contributed by atoms with van der Waals surface area (Å²) in [6.07, 6.45) is 0. The number of hydrogen-bond donors (Lipinski definition) is 2. The minimum atomic E-state index is -0.201. The van der Waals surface area contributed by atoms with Gasteiger partial charge >= 0.3 is 0 Å². The van der Waals surface area contributed by atoms with Gasteiger partial charge in [-0.25, -0.2) is 9.97 Å². The fraction of sp³-hybridized carbons (Fsp3) is 0.111. The summed E-state index contributed by atoms with van der Waals surface area (Å²) < 4.78 is 1.71. The van der Waals surface area contributed by atoms with E-state index in [2.05, 4.69) is 20.6 Å². The molecule has 4 aromatic rings. The number of carbonyl (C=O) groups is 2. The topological polar surface area (TPSA) is 84.0 Å². The summed E-state index contributed by atoms with van der Waals surface area (Å²) >= 11 is 11.4. The van der Waals surface area contributed by atoms with Gasteiger partial charge in [0, 0.05) is 5.38 Å². The van der Waals surface area contributed by atoms with E-state index in [1.165, 1.54) is 45.8 Å². The second-order valence-corrected chi connectivity index (χ2v) is 10.3. The summed E-state index contributed by atoms with van der Waals surface area (Å²) in [5.41, 5.74) is 1.64. The van der Waals surface area contributed by atoms with Crippen molar-refractivity contribution in [2.75, 3.05) is 22.1 Å². The SMILES string of the molecule is O=C(CSCC(=O)Nc1nc2ccccc2s1)Nc1nc(-c2ccc(Cl)s2)cs1. The average molecular weight is 481 g/mol. The number of halogens is 1. The molecule has 6 nitrogen and oxygen atoms in total. The molecule has 4 rings (SSSR count). The van der Waals surface area contributed by atoms with Crippen LogP contribution in [0.15, 0.2) is 41.8 Å². The fourth-order valence-corrected chi connectivity index (χ4v) is 5.67. The Morgan fingerprint density at radius 1 is 0.966 bits per heavy atom. The number of thiophene rings is 1. The Morgan fingerprint density at radius 3 is 2.45 bits per heavy atom. The van der Waals surface area contributed by atoms with Gasteiger partial charge in [0.25, 0.3) is 0 Å². The molecule has 1 aromatic carbocycles. The summed E-state index contributed by atoms with van der Waals surface area (Å²) in [5, 5.41) is 8.49. The van der Waals surface area contributed by atoms with Crippen molar-refractivity contribution < 1.29 is 9.59 Å². The second-order valence-electron chi connectivity index (χ2n) is 5.72. The number of fused-ring (bicyclic) bond motifs is 1. The molecule has 0 fully saturated rings. The maximum absolute atomic E-state index is 12.1. The highest BCUT2D eigenvalue weighted by molar-refractivity contribution is 8.00. The number of thiazole rings is 2. The molecule has 2 N–H and O–H groups in total. The molecule has 148 valence electrons. The van der Waals surface area contributed by atoms with Gasteiger partial charge in [-0.3, -0.25) is 9.59 Å². The quantitative estimate of drug-likeness (QED) is 0.367. The predicted octanol–water partition coefficient (Wildman–Crippen LogP) is 5.45. The number of nitrogens with zero attached hydrogens (tertiary/aromatic N) is 2. The summed E-state index contributed by atoms with van der Waals surface area (Å²) in [5.74, 6) is -0.0615. The van der Waals surface area contributed by atoms with Crippen LogP contribution in [0.3, 0.4) is 0 Å². The zero-order valence-corrected chi connectivity index (χ0v) is 18.7. The molecular weight excluding hydrogens is 468 g/mol. The van der Waals surface area contributed by atoms with E-state index in [0.29, 0.717) is 14.6 Å². The number of rotatable bonds is 7. The molecule has 3 aromatic heterocycles. The van der Waals surface area contributed by atoms with Gasteiger partial charge < -0.3 is 10.6 Å². The molecule has 0 saturated heterocycles. The first-order valence-electron chi connectivity index (χ1n) is 8.31. The first-order valence-corrected chi connectivity index (χ1v) is 12.4. The molecule has 0 aliphatic heterocycles. The smallest absolute Gasteiger partial charge is 0.236 e. The van der Waals surface area contributed by atoms with Crippen LogP contribution >= 0.6 is 57.4 Å². The number of para-hydroxylation sites is 1. The van der Waals surface area contributed by atoms with E-state index >= 15 is 0 Å². The Morgan fingerprint density at radius 2 is 1.72 bits per heavy atom. The van der Waals surface area contributed by atoms with Gasteiger partial charge in [0.15, 0.2) is 10.3 Å². The minimum absolute atomic E-state index is 0.160. The van der Waals surface area contributed by atoms with Gasteiger partial charge in [-0.1, -0.05) is 35.1 Å². The van der Waals surface area contributed by atoms with Crippen molar-refractivity contribution >= 4 is 89.7 Å². The van der Waals surface area contributed by atoms with Crippen molar-refractivity contribution in [1.82, 2.24) is 9.97 Å². The van der Waals surface area contributed by atoms with E-state index in [4.69, 9.17) is 11.6 Å². The van der Waals surface area contributed by atoms with Crippen LogP contribution in [0.1, 0.15) is 0 Å². The Kier molecular flexibility index (Phi) is 6.46. The maximum atomic E-state index is 12.1. The minimum Gasteiger partial charge on any atom is -0.301 e. The standard InChI is InChI=1S/C18H13ClN4O2S4/c19-14-6-5-13(28-14)11-7-27-17(21-11)22-15(24)8-26-9-16(25)23-18-20-10-3-1-2-4-12(10)29-18/h1-7H,8-9H2,(H,20,23,25)(H,21,22,24). The average Bonchev–Trinajstić information content (AvgIpc) is 3.40. The predicted molar refractivity (Wildman–Crippen MR) is 125 cm³/mol. The third-order valence-electron chi connectivity index (χ3n) is 3.58. The number of thioether (sulfide) groups is 1. The summed E-state index contributed by atoms with van der Waals surface area (Å²) in [7, 11) is 0. The Balaban J connectivity index is 1.22. The van der Waals surface area contributed by atoms with Crippen LogP contribution < -0.4 is 10.6 Å². The Hall–Kier alpha value is -1.98. The molecule has 0 unspecified atom stereocenters. The number of aromatic nitrogens is 2. The van der Waals surface area contributed by atoms with Crippen molar-refractivity contribution in [2.24, 2.45) is 0 Å². The number of nitrogens with one attached hydrogen (secondary N) is 2. The number of anilines is 2. The first-order chi connectivity index (χ1) is 14.1. The Labute approximate surface area is 187 Å². The van der Waals surface area contributed by atoms with E-state index in [1.54, 1.807) is 0 Å². The molecular formula is C18H13ClN4O2S4. The van der Waals surface area contributed by atoms with Crippen molar-refractivity contribution in [3.63, 3.8) is 0 Å². The molecule has 0 radical (unpaired) electrons. The fourth-order valence-electron chi connectivity index (χ4n) is 2.37. The van der Waals surface area contributed by atoms with Crippen LogP contribution in [0.4, 0.5) is 10.3 Å². The number of benzene rings is 1. The van der Waals surface area contributed by atoms with Gasteiger partial charge in [-0.2, -0.15) is 0 Å². The van der Waals surface area contributed by atoms with Crippen molar-refractivity contribution in [3.05, 3.63) is 46.1 Å². The lowest BCUT2D eigenvalue weighted by Gasteiger charge is -2.02. The van der Waals surface area contributed by atoms with Crippen LogP contribution in [0.25, 0.3) is 20.8 Å². The van der Waals surface area contributed by atoms with Crippen molar-refractivity contribution in [3.8, 4) is 10.6 Å². The van der Waals surface area contributed by atoms with Crippen molar-refractivity contribution in [1.29, 1.82) is 0 Å². The van der Waals surface area contributed by atoms with E-state index in [9.17, 15) is 9.59 Å². The third kappa shape index (κ3) is 5.34. The molecule has 0 aliphatic carbocycles. The van der Waals surface area contributed by atoms with E-state index in [-0.39, 0.29) is 23.3 Å². The van der Waals surface area contributed by atoms with Gasteiger partial charge in [0.05, 0.1) is 36.6 Å². The lowest BCUT2D eigenvalue weighted by Crippen LogP contribution is -2.18.